The lowest BCUT2D eigenvalue weighted by atomic mass is 10.1. The van der Waals surface area contributed by atoms with Crippen LogP contribution in [0.2, 0.25) is 0 Å². The van der Waals surface area contributed by atoms with Crippen molar-refractivity contribution in [2.24, 2.45) is 0 Å². The van der Waals surface area contributed by atoms with Crippen LogP contribution in [0.25, 0.3) is 5.70 Å². The zero-order valence-corrected chi connectivity index (χ0v) is 7.73. The molecule has 0 saturated carbocycles. The lowest BCUT2D eigenvalue weighted by molar-refractivity contribution is -0.104. The molecule has 3 nitrogen and oxygen atoms in total. The first kappa shape index (κ1) is 8.69. The van der Waals surface area contributed by atoms with Crippen LogP contribution in [-0.4, -0.2) is 24.1 Å². The van der Waals surface area contributed by atoms with Crippen molar-refractivity contribution in [3.05, 3.63) is 41.5 Å². The van der Waals surface area contributed by atoms with E-state index in [2.05, 4.69) is 0 Å². The van der Waals surface area contributed by atoms with E-state index in [9.17, 15) is 9.59 Å². The quantitative estimate of drug-likeness (QED) is 0.491. The molecule has 1 aromatic carbocycles. The summed E-state index contributed by atoms with van der Waals surface area (Å²) in [7, 11) is 1.66. The Morgan fingerprint density at radius 1 is 1.21 bits per heavy atom. The van der Waals surface area contributed by atoms with Crippen molar-refractivity contribution in [2.75, 3.05) is 7.05 Å². The van der Waals surface area contributed by atoms with Gasteiger partial charge in [0.25, 0.3) is 5.91 Å². The van der Waals surface area contributed by atoms with E-state index in [-0.39, 0.29) is 5.91 Å². The maximum atomic E-state index is 11.7. The van der Waals surface area contributed by atoms with E-state index in [4.69, 9.17) is 0 Å². The van der Waals surface area contributed by atoms with Gasteiger partial charge in [0.1, 0.15) is 6.29 Å². The SMILES string of the molecule is CN1C(=O)c2ccccc2C1=CC=O. The highest BCUT2D eigenvalue weighted by molar-refractivity contribution is 6.10. The van der Waals surface area contributed by atoms with E-state index in [1.54, 1.807) is 13.1 Å². The first-order chi connectivity index (χ1) is 6.75. The highest BCUT2D eigenvalue weighted by Gasteiger charge is 2.28. The van der Waals surface area contributed by atoms with Crippen LogP contribution in [0.3, 0.4) is 0 Å². The van der Waals surface area contributed by atoms with Crippen LogP contribution in [0.15, 0.2) is 30.3 Å². The number of amides is 1. The van der Waals surface area contributed by atoms with Gasteiger partial charge in [-0.15, -0.1) is 0 Å². The van der Waals surface area contributed by atoms with Crippen molar-refractivity contribution in [1.82, 2.24) is 4.90 Å². The molecule has 14 heavy (non-hydrogen) atoms. The number of hydrogen-bond acceptors (Lipinski definition) is 2. The van der Waals surface area contributed by atoms with Crippen LogP contribution in [0.1, 0.15) is 15.9 Å². The molecule has 0 spiro atoms. The Labute approximate surface area is 81.6 Å². The number of carbonyl (C=O) groups excluding carboxylic acids is 2. The summed E-state index contributed by atoms with van der Waals surface area (Å²) in [5, 5.41) is 0. The molecular formula is C11H9NO2. The van der Waals surface area contributed by atoms with Crippen LogP contribution < -0.4 is 0 Å². The minimum atomic E-state index is -0.0614. The molecule has 0 aromatic heterocycles. The van der Waals surface area contributed by atoms with Gasteiger partial charge in [-0.25, -0.2) is 0 Å². The first-order valence-corrected chi connectivity index (χ1v) is 4.28. The normalized spacial score (nSPS) is 17.4. The largest absolute Gasteiger partial charge is 0.311 e. The third kappa shape index (κ3) is 1.06. The van der Waals surface area contributed by atoms with Gasteiger partial charge < -0.3 is 4.90 Å². The van der Waals surface area contributed by atoms with E-state index in [0.29, 0.717) is 17.5 Å². The van der Waals surface area contributed by atoms with Crippen molar-refractivity contribution < 1.29 is 9.59 Å². The van der Waals surface area contributed by atoms with Gasteiger partial charge in [-0.2, -0.15) is 0 Å². The smallest absolute Gasteiger partial charge is 0.258 e. The van der Waals surface area contributed by atoms with Crippen molar-refractivity contribution in [3.8, 4) is 0 Å². The van der Waals surface area contributed by atoms with Crippen molar-refractivity contribution in [3.63, 3.8) is 0 Å². The third-order valence-corrected chi connectivity index (χ3v) is 2.33. The van der Waals surface area contributed by atoms with Crippen LogP contribution in [0.5, 0.6) is 0 Å². The Bertz CT molecular complexity index is 435. The molecule has 0 radical (unpaired) electrons. The summed E-state index contributed by atoms with van der Waals surface area (Å²) in [5.41, 5.74) is 2.15. The van der Waals surface area contributed by atoms with Gasteiger partial charge in [0.2, 0.25) is 0 Å². The fraction of sp³-hybridized carbons (Fsp3) is 0.0909. The summed E-state index contributed by atoms with van der Waals surface area (Å²) in [5.74, 6) is -0.0614. The van der Waals surface area contributed by atoms with Gasteiger partial charge in [0.05, 0.1) is 5.70 Å². The van der Waals surface area contributed by atoms with Gasteiger partial charge in [0, 0.05) is 24.3 Å². The van der Waals surface area contributed by atoms with E-state index in [1.807, 2.05) is 18.2 Å². The summed E-state index contributed by atoms with van der Waals surface area (Å²) >= 11 is 0. The standard InChI is InChI=1S/C11H9NO2/c1-12-10(6-7-13)8-4-2-3-5-9(8)11(12)14/h2-7H,1H3. The lowest BCUT2D eigenvalue weighted by Crippen LogP contribution is -2.17. The summed E-state index contributed by atoms with van der Waals surface area (Å²) in [6.07, 6.45) is 2.10. The molecule has 0 bridgehead atoms. The highest BCUT2D eigenvalue weighted by atomic mass is 16.2. The molecule has 0 saturated heterocycles. The zero-order valence-electron chi connectivity index (χ0n) is 7.73. The van der Waals surface area contributed by atoms with Crippen molar-refractivity contribution >= 4 is 17.9 Å². The van der Waals surface area contributed by atoms with Crippen molar-refractivity contribution in [1.29, 1.82) is 0 Å². The lowest BCUT2D eigenvalue weighted by Gasteiger charge is -2.09. The summed E-state index contributed by atoms with van der Waals surface area (Å²) < 4.78 is 0. The van der Waals surface area contributed by atoms with Gasteiger partial charge in [0.15, 0.2) is 0 Å². The Morgan fingerprint density at radius 2 is 1.86 bits per heavy atom. The average Bonchev–Trinajstić information content (AvgIpc) is 2.45. The Hall–Kier alpha value is -1.90. The van der Waals surface area contributed by atoms with Crippen LogP contribution in [0, 0.1) is 0 Å². The summed E-state index contributed by atoms with van der Waals surface area (Å²) in [6, 6.07) is 7.27. The molecule has 1 aliphatic rings. The minimum Gasteiger partial charge on any atom is -0.311 e. The third-order valence-electron chi connectivity index (χ3n) is 2.33. The number of benzene rings is 1. The number of rotatable bonds is 1. The van der Waals surface area contributed by atoms with Gasteiger partial charge in [-0.1, -0.05) is 18.2 Å². The number of nitrogens with zero attached hydrogens (tertiary/aromatic N) is 1. The molecule has 0 unspecified atom stereocenters. The fourth-order valence-electron chi connectivity index (χ4n) is 1.63. The molecule has 1 amide bonds. The fourth-order valence-corrected chi connectivity index (χ4v) is 1.63. The molecule has 1 aliphatic heterocycles. The zero-order chi connectivity index (χ0) is 10.1. The second kappa shape index (κ2) is 3.10. The second-order valence-electron chi connectivity index (χ2n) is 3.10. The number of aldehydes is 1. The molecule has 0 N–H and O–H groups in total. The maximum absolute atomic E-state index is 11.7. The molecule has 0 aliphatic carbocycles. The van der Waals surface area contributed by atoms with Crippen LogP contribution >= 0.6 is 0 Å². The first-order valence-electron chi connectivity index (χ1n) is 4.28. The molecule has 70 valence electrons. The van der Waals surface area contributed by atoms with Gasteiger partial charge in [-0.05, 0) is 6.07 Å². The Morgan fingerprint density at radius 3 is 2.50 bits per heavy atom. The van der Waals surface area contributed by atoms with Gasteiger partial charge in [-0.3, -0.25) is 9.59 Å². The molecule has 2 rings (SSSR count). The molecular weight excluding hydrogens is 178 g/mol. The monoisotopic (exact) mass is 187 g/mol. The molecule has 0 atom stereocenters. The molecule has 1 heterocycles. The van der Waals surface area contributed by atoms with Crippen LogP contribution in [-0.2, 0) is 4.79 Å². The van der Waals surface area contributed by atoms with Gasteiger partial charge >= 0.3 is 0 Å². The van der Waals surface area contributed by atoms with E-state index < -0.39 is 0 Å². The number of allylic oxidation sites excluding steroid dienone is 1. The minimum absolute atomic E-state index is 0.0614. The van der Waals surface area contributed by atoms with E-state index in [0.717, 1.165) is 5.56 Å². The summed E-state index contributed by atoms with van der Waals surface area (Å²) in [6.45, 7) is 0. The van der Waals surface area contributed by atoms with Crippen LogP contribution in [0.4, 0.5) is 0 Å². The number of hydrogen-bond donors (Lipinski definition) is 0. The predicted molar refractivity (Wildman–Crippen MR) is 52.6 cm³/mol. The van der Waals surface area contributed by atoms with E-state index >= 15 is 0 Å². The Balaban J connectivity index is 2.64. The molecule has 1 aromatic rings. The Kier molecular flexibility index (Phi) is 1.93. The second-order valence-corrected chi connectivity index (χ2v) is 3.10. The maximum Gasteiger partial charge on any atom is 0.258 e. The number of carbonyl (C=O) groups is 2. The predicted octanol–water partition coefficient (Wildman–Crippen LogP) is 1.31. The van der Waals surface area contributed by atoms with Crippen molar-refractivity contribution in [2.45, 2.75) is 0 Å². The van der Waals surface area contributed by atoms with E-state index in [1.165, 1.54) is 11.0 Å². The molecule has 0 fully saturated rings. The topological polar surface area (TPSA) is 37.4 Å². The highest BCUT2D eigenvalue weighted by Crippen LogP contribution is 2.30. The average molecular weight is 187 g/mol. The summed E-state index contributed by atoms with van der Waals surface area (Å²) in [4.78, 5) is 23.5. The molecule has 3 heteroatoms. The number of fused-ring (bicyclic) bond motifs is 1.